The monoisotopic (exact) mass is 233 g/mol. The predicted molar refractivity (Wildman–Crippen MR) is 68.8 cm³/mol. The van der Waals surface area contributed by atoms with E-state index in [0.717, 1.165) is 18.4 Å². The molecule has 1 rings (SSSR count). The van der Waals surface area contributed by atoms with Crippen LogP contribution in [0.3, 0.4) is 0 Å². The van der Waals surface area contributed by atoms with E-state index in [-0.39, 0.29) is 11.9 Å². The van der Waals surface area contributed by atoms with Crippen molar-refractivity contribution in [2.45, 2.75) is 33.6 Å². The number of oxime groups is 1. The average molecular weight is 233 g/mol. The van der Waals surface area contributed by atoms with Crippen LogP contribution in [0.15, 0.2) is 35.5 Å². The van der Waals surface area contributed by atoms with Crippen LogP contribution in [0.4, 0.5) is 0 Å². The van der Waals surface area contributed by atoms with Gasteiger partial charge in [0.25, 0.3) is 0 Å². The van der Waals surface area contributed by atoms with Crippen molar-refractivity contribution in [3.05, 3.63) is 35.9 Å². The smallest absolute Gasteiger partial charge is 0.318 e. The largest absolute Gasteiger partial charge is 0.338 e. The van der Waals surface area contributed by atoms with Gasteiger partial charge in [-0.3, -0.25) is 0 Å². The fourth-order valence-electron chi connectivity index (χ4n) is 1.54. The molecule has 0 fully saturated rings. The van der Waals surface area contributed by atoms with Crippen molar-refractivity contribution in [3.8, 4) is 0 Å². The van der Waals surface area contributed by atoms with Crippen LogP contribution in [0, 0.1) is 5.92 Å². The molecular formula is C14H19NO2. The normalized spacial score (nSPS) is 11.6. The first-order valence-electron chi connectivity index (χ1n) is 5.99. The molecule has 0 aliphatic rings. The van der Waals surface area contributed by atoms with Crippen LogP contribution >= 0.6 is 0 Å². The molecule has 1 aromatic carbocycles. The van der Waals surface area contributed by atoms with Gasteiger partial charge in [0.05, 0.1) is 11.6 Å². The number of carbonyl (C=O) groups excluding carboxylic acids is 1. The molecule has 0 amide bonds. The van der Waals surface area contributed by atoms with Crippen molar-refractivity contribution in [1.82, 2.24) is 0 Å². The summed E-state index contributed by atoms with van der Waals surface area (Å²) in [5.74, 6) is -0.299. The van der Waals surface area contributed by atoms with Gasteiger partial charge in [-0.05, 0) is 25.3 Å². The zero-order chi connectivity index (χ0) is 12.7. The van der Waals surface area contributed by atoms with Gasteiger partial charge in [-0.2, -0.15) is 0 Å². The van der Waals surface area contributed by atoms with Gasteiger partial charge in [0.2, 0.25) is 0 Å². The summed E-state index contributed by atoms with van der Waals surface area (Å²) in [5.41, 5.74) is 1.68. The maximum absolute atomic E-state index is 11.6. The van der Waals surface area contributed by atoms with Crippen LogP contribution < -0.4 is 0 Å². The van der Waals surface area contributed by atoms with Crippen LogP contribution in [0.2, 0.25) is 0 Å². The van der Waals surface area contributed by atoms with E-state index in [1.54, 1.807) is 0 Å². The first-order chi connectivity index (χ1) is 8.19. The Kier molecular flexibility index (Phi) is 5.40. The van der Waals surface area contributed by atoms with Gasteiger partial charge < -0.3 is 4.84 Å². The first-order valence-corrected chi connectivity index (χ1v) is 5.99. The van der Waals surface area contributed by atoms with E-state index < -0.39 is 0 Å². The second-order valence-electron chi connectivity index (χ2n) is 3.97. The molecule has 0 aromatic heterocycles. The molecule has 1 aromatic rings. The topological polar surface area (TPSA) is 38.7 Å². The second-order valence-corrected chi connectivity index (χ2v) is 3.97. The lowest BCUT2D eigenvalue weighted by Crippen LogP contribution is -2.14. The van der Waals surface area contributed by atoms with Gasteiger partial charge in [0, 0.05) is 0 Å². The van der Waals surface area contributed by atoms with E-state index in [1.165, 1.54) is 0 Å². The fraction of sp³-hybridized carbons (Fsp3) is 0.429. The Bertz CT molecular complexity index is 380. The summed E-state index contributed by atoms with van der Waals surface area (Å²) in [4.78, 5) is 16.6. The molecule has 0 aliphatic carbocycles. The van der Waals surface area contributed by atoms with Crippen LogP contribution in [0.25, 0.3) is 0 Å². The summed E-state index contributed by atoms with van der Waals surface area (Å²) in [6.07, 6.45) is 1.57. The van der Waals surface area contributed by atoms with E-state index in [4.69, 9.17) is 4.84 Å². The Morgan fingerprint density at radius 2 is 1.82 bits per heavy atom. The maximum Gasteiger partial charge on any atom is 0.338 e. The lowest BCUT2D eigenvalue weighted by Gasteiger charge is -2.08. The number of hydrogen-bond acceptors (Lipinski definition) is 3. The quantitative estimate of drug-likeness (QED) is 0.444. The third-order valence-corrected chi connectivity index (χ3v) is 2.78. The van der Waals surface area contributed by atoms with Crippen molar-refractivity contribution >= 4 is 11.7 Å². The zero-order valence-corrected chi connectivity index (χ0v) is 10.6. The number of carbonyl (C=O) groups is 1. The van der Waals surface area contributed by atoms with Gasteiger partial charge in [0.1, 0.15) is 0 Å². The van der Waals surface area contributed by atoms with Crippen LogP contribution in [-0.2, 0) is 9.63 Å². The standard InChI is InChI=1S/C14H19NO2/c1-4-12(5-2)14(16)17-15-11(3)13-9-7-6-8-10-13/h6-10,12H,4-5H2,1-3H3/b15-11-. The van der Waals surface area contributed by atoms with Crippen molar-refractivity contribution in [2.75, 3.05) is 0 Å². The first kappa shape index (κ1) is 13.4. The molecule has 92 valence electrons. The lowest BCUT2D eigenvalue weighted by molar-refractivity contribution is -0.148. The second kappa shape index (κ2) is 6.84. The summed E-state index contributed by atoms with van der Waals surface area (Å²) in [6, 6.07) is 9.66. The van der Waals surface area contributed by atoms with E-state index in [0.29, 0.717) is 5.71 Å². The van der Waals surface area contributed by atoms with Gasteiger partial charge in [-0.1, -0.05) is 49.3 Å². The summed E-state index contributed by atoms with van der Waals surface area (Å²) in [6.45, 7) is 5.78. The average Bonchev–Trinajstić information content (AvgIpc) is 2.38. The van der Waals surface area contributed by atoms with E-state index in [1.807, 2.05) is 51.1 Å². The minimum Gasteiger partial charge on any atom is -0.318 e. The van der Waals surface area contributed by atoms with Crippen LogP contribution in [-0.4, -0.2) is 11.7 Å². The number of rotatable bonds is 5. The molecule has 0 saturated carbocycles. The molecular weight excluding hydrogens is 214 g/mol. The molecule has 0 spiro atoms. The molecule has 0 saturated heterocycles. The van der Waals surface area contributed by atoms with Crippen molar-refractivity contribution in [1.29, 1.82) is 0 Å². The molecule has 0 heterocycles. The Balaban J connectivity index is 2.62. The Labute approximate surface area is 102 Å². The highest BCUT2D eigenvalue weighted by molar-refractivity contribution is 5.98. The Morgan fingerprint density at radius 1 is 1.24 bits per heavy atom. The molecule has 0 atom stereocenters. The molecule has 0 radical (unpaired) electrons. The fourth-order valence-corrected chi connectivity index (χ4v) is 1.54. The summed E-state index contributed by atoms with van der Waals surface area (Å²) in [7, 11) is 0. The summed E-state index contributed by atoms with van der Waals surface area (Å²) < 4.78 is 0. The molecule has 17 heavy (non-hydrogen) atoms. The minimum absolute atomic E-state index is 0.0534. The molecule has 0 aliphatic heterocycles. The predicted octanol–water partition coefficient (Wildman–Crippen LogP) is 3.39. The Morgan fingerprint density at radius 3 is 2.35 bits per heavy atom. The number of nitrogens with zero attached hydrogens (tertiary/aromatic N) is 1. The highest BCUT2D eigenvalue weighted by Gasteiger charge is 2.15. The van der Waals surface area contributed by atoms with E-state index in [2.05, 4.69) is 5.16 Å². The minimum atomic E-state index is -0.245. The molecule has 3 nitrogen and oxygen atoms in total. The SMILES string of the molecule is CCC(CC)C(=O)O/N=C(/C)c1ccccc1. The van der Waals surface area contributed by atoms with Gasteiger partial charge in [0.15, 0.2) is 0 Å². The highest BCUT2D eigenvalue weighted by atomic mass is 16.7. The molecule has 0 bridgehead atoms. The highest BCUT2D eigenvalue weighted by Crippen LogP contribution is 2.10. The number of hydrogen-bond donors (Lipinski definition) is 0. The molecule has 0 unspecified atom stereocenters. The Hall–Kier alpha value is -1.64. The van der Waals surface area contributed by atoms with Crippen LogP contribution in [0.1, 0.15) is 39.2 Å². The molecule has 0 N–H and O–H groups in total. The maximum atomic E-state index is 11.6. The van der Waals surface area contributed by atoms with Crippen molar-refractivity contribution in [3.63, 3.8) is 0 Å². The van der Waals surface area contributed by atoms with Gasteiger partial charge in [-0.25, -0.2) is 4.79 Å². The van der Waals surface area contributed by atoms with Crippen molar-refractivity contribution < 1.29 is 9.63 Å². The van der Waals surface area contributed by atoms with Crippen LogP contribution in [0.5, 0.6) is 0 Å². The summed E-state index contributed by atoms with van der Waals surface area (Å²) in [5, 5.41) is 3.88. The molecule has 3 heteroatoms. The summed E-state index contributed by atoms with van der Waals surface area (Å²) >= 11 is 0. The number of benzene rings is 1. The zero-order valence-electron chi connectivity index (χ0n) is 10.6. The lowest BCUT2D eigenvalue weighted by atomic mass is 10.0. The van der Waals surface area contributed by atoms with Crippen molar-refractivity contribution in [2.24, 2.45) is 11.1 Å². The van der Waals surface area contributed by atoms with Gasteiger partial charge >= 0.3 is 5.97 Å². The van der Waals surface area contributed by atoms with E-state index >= 15 is 0 Å². The van der Waals surface area contributed by atoms with Gasteiger partial charge in [-0.15, -0.1) is 0 Å². The third-order valence-electron chi connectivity index (χ3n) is 2.78. The van der Waals surface area contributed by atoms with E-state index in [9.17, 15) is 4.79 Å². The third kappa shape index (κ3) is 4.02.